The van der Waals surface area contributed by atoms with E-state index in [1.165, 1.54) is 0 Å². The van der Waals surface area contributed by atoms with E-state index in [4.69, 9.17) is 9.47 Å². The second-order valence-electron chi connectivity index (χ2n) is 8.83. The van der Waals surface area contributed by atoms with Gasteiger partial charge < -0.3 is 30.3 Å². The van der Waals surface area contributed by atoms with Crippen LogP contribution in [0.4, 0.5) is 0 Å². The smallest absolute Gasteiger partial charge is 0.320 e. The van der Waals surface area contributed by atoms with Gasteiger partial charge in [-0.15, -0.1) is 0 Å². The van der Waals surface area contributed by atoms with E-state index in [0.29, 0.717) is 49.9 Å². The fourth-order valence-electron chi connectivity index (χ4n) is 2.97. The summed E-state index contributed by atoms with van der Waals surface area (Å²) in [5.41, 5.74) is 0.762. The number of unbranched alkanes of at least 4 members (excludes halogenated alkanes) is 2. The van der Waals surface area contributed by atoms with Crippen LogP contribution in [0, 0.1) is 0 Å². The molecule has 39 heavy (non-hydrogen) atoms. The lowest BCUT2D eigenvalue weighted by molar-refractivity contribution is -0.149. The van der Waals surface area contributed by atoms with Crippen LogP contribution in [0.25, 0.3) is 0 Å². The molecule has 14 nitrogen and oxygen atoms in total. The third kappa shape index (κ3) is 19.9. The Bertz CT molecular complexity index is 820. The first-order valence-corrected chi connectivity index (χ1v) is 12.4. The Morgan fingerprint density at radius 3 is 1.31 bits per heavy atom. The molecule has 0 unspecified atom stereocenters. The molecule has 0 saturated carbocycles. The number of carbonyl (C=O) groups is 6. The standard InChI is InChI=1S/C25H40N4O10/c1-18(2)24(36)26-9-5-7-11-38-22(34)15-28(13-20(30)31)17-29(14-21(32)33)16-23(35)39-12-8-6-10-27-25(37)19(3)4/h1,3,5-17H2,2,4H3,(H,26,36)(H,27,37)(H,30,31)(H,32,33). The van der Waals surface area contributed by atoms with Crippen molar-refractivity contribution in [2.75, 3.05) is 59.2 Å². The lowest BCUT2D eigenvalue weighted by atomic mass is 10.3. The van der Waals surface area contributed by atoms with Gasteiger partial charge in [0.1, 0.15) is 0 Å². The highest BCUT2D eigenvalue weighted by atomic mass is 16.5. The van der Waals surface area contributed by atoms with Crippen molar-refractivity contribution in [1.82, 2.24) is 20.4 Å². The van der Waals surface area contributed by atoms with E-state index in [2.05, 4.69) is 23.8 Å². The van der Waals surface area contributed by atoms with Crippen LogP contribution < -0.4 is 10.6 Å². The second-order valence-corrected chi connectivity index (χ2v) is 8.83. The molecule has 0 aromatic heterocycles. The predicted molar refractivity (Wildman–Crippen MR) is 139 cm³/mol. The number of amides is 2. The van der Waals surface area contributed by atoms with Crippen molar-refractivity contribution in [2.45, 2.75) is 39.5 Å². The van der Waals surface area contributed by atoms with Gasteiger partial charge >= 0.3 is 23.9 Å². The highest BCUT2D eigenvalue weighted by Gasteiger charge is 2.22. The lowest BCUT2D eigenvalue weighted by Gasteiger charge is -2.27. The molecule has 0 spiro atoms. The first kappa shape index (κ1) is 35.2. The largest absolute Gasteiger partial charge is 0.480 e. The van der Waals surface area contributed by atoms with Crippen molar-refractivity contribution in [3.05, 3.63) is 24.3 Å². The van der Waals surface area contributed by atoms with E-state index in [9.17, 15) is 39.0 Å². The quantitative estimate of drug-likeness (QED) is 0.0592. The van der Waals surface area contributed by atoms with Crippen LogP contribution >= 0.6 is 0 Å². The molecular formula is C25H40N4O10. The van der Waals surface area contributed by atoms with Gasteiger partial charge in [0.15, 0.2) is 0 Å². The summed E-state index contributed by atoms with van der Waals surface area (Å²) < 4.78 is 10.2. The van der Waals surface area contributed by atoms with Gasteiger partial charge in [-0.1, -0.05) is 13.2 Å². The molecule has 0 aliphatic carbocycles. The summed E-state index contributed by atoms with van der Waals surface area (Å²) in [6.07, 6.45) is 2.00. The molecule has 0 aliphatic rings. The van der Waals surface area contributed by atoms with E-state index in [1.807, 2.05) is 0 Å². The Morgan fingerprint density at radius 2 is 1.00 bits per heavy atom. The SMILES string of the molecule is C=C(C)C(=O)NCCCCOC(=O)CN(CC(=O)O)CN(CC(=O)O)CC(=O)OCCCCNC(=O)C(=C)C. The van der Waals surface area contributed by atoms with Crippen molar-refractivity contribution in [2.24, 2.45) is 0 Å². The van der Waals surface area contributed by atoms with E-state index < -0.39 is 50.1 Å². The Labute approximate surface area is 228 Å². The van der Waals surface area contributed by atoms with Crippen molar-refractivity contribution in [3.63, 3.8) is 0 Å². The normalized spacial score (nSPS) is 10.6. The highest BCUT2D eigenvalue weighted by Crippen LogP contribution is 2.00. The van der Waals surface area contributed by atoms with Crippen LogP contribution in [-0.2, 0) is 38.2 Å². The summed E-state index contributed by atoms with van der Waals surface area (Å²) in [4.78, 5) is 72.0. The molecule has 2 amide bonds. The molecule has 0 fully saturated rings. The zero-order valence-corrected chi connectivity index (χ0v) is 22.7. The first-order chi connectivity index (χ1) is 18.3. The summed E-state index contributed by atoms with van der Waals surface area (Å²) >= 11 is 0. The average Bonchev–Trinajstić information content (AvgIpc) is 2.81. The molecule has 0 radical (unpaired) electrons. The van der Waals surface area contributed by atoms with Crippen molar-refractivity contribution in [1.29, 1.82) is 0 Å². The van der Waals surface area contributed by atoms with Crippen LogP contribution in [0.3, 0.4) is 0 Å². The molecule has 14 heteroatoms. The summed E-state index contributed by atoms with van der Waals surface area (Å²) in [5, 5.41) is 23.7. The number of carboxylic acids is 2. The third-order valence-corrected chi connectivity index (χ3v) is 4.84. The number of esters is 2. The Kier molecular flexibility index (Phi) is 18.3. The maximum Gasteiger partial charge on any atom is 0.320 e. The summed E-state index contributed by atoms with van der Waals surface area (Å²) in [5.74, 6) is -4.50. The van der Waals surface area contributed by atoms with Gasteiger partial charge in [0.25, 0.3) is 0 Å². The van der Waals surface area contributed by atoms with Gasteiger partial charge in [-0.05, 0) is 39.5 Å². The van der Waals surface area contributed by atoms with E-state index in [1.54, 1.807) is 13.8 Å². The molecule has 0 bridgehead atoms. The number of carbonyl (C=O) groups excluding carboxylic acids is 4. The van der Waals surface area contributed by atoms with Crippen LogP contribution in [0.2, 0.25) is 0 Å². The number of nitrogens with zero attached hydrogens (tertiary/aromatic N) is 2. The van der Waals surface area contributed by atoms with E-state index in [-0.39, 0.29) is 31.7 Å². The minimum Gasteiger partial charge on any atom is -0.480 e. The minimum atomic E-state index is -1.26. The fourth-order valence-corrected chi connectivity index (χ4v) is 2.97. The van der Waals surface area contributed by atoms with Crippen LogP contribution in [-0.4, -0.2) is 115 Å². The topological polar surface area (TPSA) is 192 Å². The third-order valence-electron chi connectivity index (χ3n) is 4.84. The number of ether oxygens (including phenoxy) is 2. The van der Waals surface area contributed by atoms with Gasteiger partial charge in [0.05, 0.1) is 46.1 Å². The Hall–Kier alpha value is -3.78. The number of hydrogen-bond acceptors (Lipinski definition) is 10. The van der Waals surface area contributed by atoms with Crippen molar-refractivity contribution < 1.29 is 48.5 Å². The van der Waals surface area contributed by atoms with Gasteiger partial charge in [0, 0.05) is 24.2 Å². The van der Waals surface area contributed by atoms with Gasteiger partial charge in [-0.25, -0.2) is 0 Å². The summed E-state index contributed by atoms with van der Waals surface area (Å²) in [6, 6.07) is 0. The molecule has 0 aliphatic heterocycles. The number of hydrogen-bond donors (Lipinski definition) is 4. The summed E-state index contributed by atoms with van der Waals surface area (Å²) in [6.45, 7) is 8.66. The number of aliphatic carboxylic acids is 2. The molecule has 0 atom stereocenters. The number of nitrogens with one attached hydrogen (secondary N) is 2. The van der Waals surface area contributed by atoms with Crippen LogP contribution in [0.1, 0.15) is 39.5 Å². The monoisotopic (exact) mass is 556 g/mol. The molecule has 0 rings (SSSR count). The molecule has 0 aromatic carbocycles. The Morgan fingerprint density at radius 1 is 0.641 bits per heavy atom. The highest BCUT2D eigenvalue weighted by molar-refractivity contribution is 5.92. The molecule has 220 valence electrons. The van der Waals surface area contributed by atoms with E-state index in [0.717, 1.165) is 9.80 Å². The number of carboxylic acid groups (broad SMARTS) is 2. The van der Waals surface area contributed by atoms with Gasteiger partial charge in [0.2, 0.25) is 11.8 Å². The number of rotatable bonds is 22. The van der Waals surface area contributed by atoms with Crippen LogP contribution in [0.5, 0.6) is 0 Å². The first-order valence-electron chi connectivity index (χ1n) is 12.4. The van der Waals surface area contributed by atoms with Gasteiger partial charge in [-0.3, -0.25) is 38.6 Å². The van der Waals surface area contributed by atoms with Crippen LogP contribution in [0.15, 0.2) is 24.3 Å². The average molecular weight is 557 g/mol. The molecule has 0 saturated heterocycles. The zero-order chi connectivity index (χ0) is 29.8. The predicted octanol–water partition coefficient (Wildman–Crippen LogP) is -0.251. The van der Waals surface area contributed by atoms with E-state index >= 15 is 0 Å². The van der Waals surface area contributed by atoms with Crippen molar-refractivity contribution >= 4 is 35.7 Å². The maximum atomic E-state index is 12.2. The Balaban J connectivity index is 4.63. The zero-order valence-electron chi connectivity index (χ0n) is 22.7. The van der Waals surface area contributed by atoms with Crippen molar-refractivity contribution in [3.8, 4) is 0 Å². The summed E-state index contributed by atoms with van der Waals surface area (Å²) in [7, 11) is 0. The maximum absolute atomic E-state index is 12.2. The lowest BCUT2D eigenvalue weighted by Crippen LogP contribution is -2.47. The molecule has 0 heterocycles. The molecular weight excluding hydrogens is 516 g/mol. The fraction of sp³-hybridized carbons (Fsp3) is 0.600. The molecule has 4 N–H and O–H groups in total. The second kappa shape index (κ2) is 20.2. The molecule has 0 aromatic rings. The minimum absolute atomic E-state index is 0.0464. The van der Waals surface area contributed by atoms with Gasteiger partial charge in [-0.2, -0.15) is 0 Å².